The van der Waals surface area contributed by atoms with E-state index in [1.54, 1.807) is 0 Å². The number of hydrogen-bond acceptors (Lipinski definition) is 3. The first kappa shape index (κ1) is 12.9. The summed E-state index contributed by atoms with van der Waals surface area (Å²) in [6.45, 7) is 8.52. The molecule has 1 saturated heterocycles. The summed E-state index contributed by atoms with van der Waals surface area (Å²) in [6.07, 6.45) is 4.14. The van der Waals surface area contributed by atoms with Gasteiger partial charge in [-0.05, 0) is 31.2 Å². The van der Waals surface area contributed by atoms with E-state index in [0.717, 1.165) is 32.4 Å². The van der Waals surface area contributed by atoms with Crippen LogP contribution in [0.15, 0.2) is 0 Å². The van der Waals surface area contributed by atoms with Gasteiger partial charge in [0.1, 0.15) is 6.23 Å². The van der Waals surface area contributed by atoms with E-state index < -0.39 is 0 Å². The highest BCUT2D eigenvalue weighted by Gasteiger charge is 2.23. The topological polar surface area (TPSA) is 44.8 Å². The molecule has 3 nitrogen and oxygen atoms in total. The lowest BCUT2D eigenvalue weighted by molar-refractivity contribution is 0.117. The van der Waals surface area contributed by atoms with Gasteiger partial charge in [0.05, 0.1) is 12.7 Å². The maximum Gasteiger partial charge on any atom is 0.105 e. The predicted octanol–water partition coefficient (Wildman–Crippen LogP) is 1.90. The fraction of sp³-hybridized carbons (Fsp3) is 1.00. The van der Waals surface area contributed by atoms with Crippen molar-refractivity contribution in [3.63, 3.8) is 0 Å². The molecule has 0 aromatic rings. The number of rotatable bonds is 8. The van der Waals surface area contributed by atoms with Crippen LogP contribution in [0.5, 0.6) is 0 Å². The molecular formula is C12H25NO2. The van der Waals surface area contributed by atoms with Gasteiger partial charge >= 0.3 is 0 Å². The predicted molar refractivity (Wildman–Crippen MR) is 61.7 cm³/mol. The first-order chi connectivity index (χ1) is 7.03. The standard InChI is InChI=1S/C12H25NO2/c1-4-12(2,3)7-8-13-11(14)6-5-10-9-15-10/h10-11,13-14H,4-9H2,1-3H3. The summed E-state index contributed by atoms with van der Waals surface area (Å²) < 4.78 is 5.10. The molecule has 1 fully saturated rings. The average Bonchev–Trinajstić information content (AvgIpc) is 2.98. The van der Waals surface area contributed by atoms with Gasteiger partial charge in [-0.1, -0.05) is 27.2 Å². The fourth-order valence-corrected chi connectivity index (χ4v) is 1.43. The Morgan fingerprint density at radius 1 is 1.53 bits per heavy atom. The van der Waals surface area contributed by atoms with E-state index in [4.69, 9.17) is 4.74 Å². The Morgan fingerprint density at radius 3 is 2.73 bits per heavy atom. The van der Waals surface area contributed by atoms with Gasteiger partial charge in [0, 0.05) is 0 Å². The zero-order valence-corrected chi connectivity index (χ0v) is 10.3. The van der Waals surface area contributed by atoms with Crippen molar-refractivity contribution >= 4 is 0 Å². The molecule has 15 heavy (non-hydrogen) atoms. The molecule has 1 rings (SSSR count). The van der Waals surface area contributed by atoms with Crippen LogP contribution in [0, 0.1) is 5.41 Å². The minimum absolute atomic E-state index is 0.359. The molecule has 2 unspecified atom stereocenters. The zero-order valence-electron chi connectivity index (χ0n) is 10.3. The lowest BCUT2D eigenvalue weighted by Crippen LogP contribution is -2.32. The second kappa shape index (κ2) is 5.83. The van der Waals surface area contributed by atoms with E-state index >= 15 is 0 Å². The van der Waals surface area contributed by atoms with Gasteiger partial charge in [-0.25, -0.2) is 0 Å². The van der Waals surface area contributed by atoms with Gasteiger partial charge < -0.3 is 9.84 Å². The number of ether oxygens (including phenoxy) is 1. The van der Waals surface area contributed by atoms with Crippen LogP contribution in [0.4, 0.5) is 0 Å². The Balaban J connectivity index is 1.97. The monoisotopic (exact) mass is 215 g/mol. The van der Waals surface area contributed by atoms with Crippen molar-refractivity contribution in [3.8, 4) is 0 Å². The van der Waals surface area contributed by atoms with Gasteiger partial charge in [0.15, 0.2) is 0 Å². The molecule has 1 heterocycles. The van der Waals surface area contributed by atoms with E-state index in [2.05, 4.69) is 26.1 Å². The van der Waals surface area contributed by atoms with Crippen molar-refractivity contribution in [3.05, 3.63) is 0 Å². The van der Waals surface area contributed by atoms with E-state index in [1.807, 2.05) is 0 Å². The number of aliphatic hydroxyl groups is 1. The van der Waals surface area contributed by atoms with Crippen LogP contribution in [0.25, 0.3) is 0 Å². The first-order valence-corrected chi connectivity index (χ1v) is 6.06. The van der Waals surface area contributed by atoms with Crippen molar-refractivity contribution in [2.45, 2.75) is 58.8 Å². The maximum absolute atomic E-state index is 9.63. The van der Waals surface area contributed by atoms with E-state index in [1.165, 1.54) is 6.42 Å². The second-order valence-electron chi connectivity index (χ2n) is 5.27. The average molecular weight is 215 g/mol. The molecule has 0 aliphatic carbocycles. The van der Waals surface area contributed by atoms with Gasteiger partial charge in [-0.15, -0.1) is 0 Å². The molecule has 1 aliphatic rings. The van der Waals surface area contributed by atoms with Crippen LogP contribution < -0.4 is 5.32 Å². The Kier molecular flexibility index (Phi) is 5.03. The smallest absolute Gasteiger partial charge is 0.105 e. The zero-order chi connectivity index (χ0) is 11.3. The summed E-state index contributed by atoms with van der Waals surface area (Å²) in [5.41, 5.74) is 0.381. The van der Waals surface area contributed by atoms with Crippen LogP contribution in [0.3, 0.4) is 0 Å². The molecule has 0 bridgehead atoms. The summed E-state index contributed by atoms with van der Waals surface area (Å²) in [5.74, 6) is 0. The van der Waals surface area contributed by atoms with E-state index in [-0.39, 0.29) is 6.23 Å². The number of hydrogen-bond donors (Lipinski definition) is 2. The van der Waals surface area contributed by atoms with Gasteiger partial charge in [-0.3, -0.25) is 5.32 Å². The molecule has 0 spiro atoms. The highest BCUT2D eigenvalue weighted by Crippen LogP contribution is 2.23. The molecule has 2 N–H and O–H groups in total. The van der Waals surface area contributed by atoms with Crippen LogP contribution in [-0.4, -0.2) is 30.6 Å². The highest BCUT2D eigenvalue weighted by molar-refractivity contribution is 4.72. The molecule has 0 radical (unpaired) electrons. The normalized spacial score (nSPS) is 22.8. The van der Waals surface area contributed by atoms with Crippen molar-refractivity contribution in [1.29, 1.82) is 0 Å². The molecule has 1 aliphatic heterocycles. The molecule has 0 amide bonds. The Labute approximate surface area is 93.2 Å². The summed E-state index contributed by atoms with van der Waals surface area (Å²) in [4.78, 5) is 0. The summed E-state index contributed by atoms with van der Waals surface area (Å²) in [6, 6.07) is 0. The van der Waals surface area contributed by atoms with E-state index in [0.29, 0.717) is 11.5 Å². The Hall–Kier alpha value is -0.120. The lowest BCUT2D eigenvalue weighted by atomic mass is 9.86. The number of nitrogens with one attached hydrogen (secondary N) is 1. The maximum atomic E-state index is 9.63. The third kappa shape index (κ3) is 6.13. The highest BCUT2D eigenvalue weighted by atomic mass is 16.6. The summed E-state index contributed by atoms with van der Waals surface area (Å²) >= 11 is 0. The lowest BCUT2D eigenvalue weighted by Gasteiger charge is -2.23. The largest absolute Gasteiger partial charge is 0.379 e. The third-order valence-corrected chi connectivity index (χ3v) is 3.30. The Bertz CT molecular complexity index is 178. The molecule has 3 heteroatoms. The molecule has 0 saturated carbocycles. The van der Waals surface area contributed by atoms with Crippen molar-refractivity contribution < 1.29 is 9.84 Å². The molecule has 2 atom stereocenters. The number of aliphatic hydroxyl groups excluding tert-OH is 1. The molecular weight excluding hydrogens is 190 g/mol. The minimum atomic E-state index is -0.359. The van der Waals surface area contributed by atoms with Crippen molar-refractivity contribution in [2.24, 2.45) is 5.41 Å². The number of epoxide rings is 1. The van der Waals surface area contributed by atoms with Gasteiger partial charge in [0.2, 0.25) is 0 Å². The molecule has 90 valence electrons. The SMILES string of the molecule is CCC(C)(C)CCNC(O)CCC1CO1. The Morgan fingerprint density at radius 2 is 2.20 bits per heavy atom. The van der Waals surface area contributed by atoms with Gasteiger partial charge in [0.25, 0.3) is 0 Å². The second-order valence-corrected chi connectivity index (χ2v) is 5.27. The molecule has 0 aromatic carbocycles. The first-order valence-electron chi connectivity index (χ1n) is 6.06. The van der Waals surface area contributed by atoms with Crippen LogP contribution in [0.2, 0.25) is 0 Å². The van der Waals surface area contributed by atoms with Crippen LogP contribution in [-0.2, 0) is 4.74 Å². The van der Waals surface area contributed by atoms with Crippen molar-refractivity contribution in [2.75, 3.05) is 13.2 Å². The third-order valence-electron chi connectivity index (χ3n) is 3.30. The summed E-state index contributed by atoms with van der Waals surface area (Å²) in [5, 5.41) is 12.8. The minimum Gasteiger partial charge on any atom is -0.379 e. The quantitative estimate of drug-likeness (QED) is 0.480. The summed E-state index contributed by atoms with van der Waals surface area (Å²) in [7, 11) is 0. The van der Waals surface area contributed by atoms with Crippen molar-refractivity contribution in [1.82, 2.24) is 5.32 Å². The van der Waals surface area contributed by atoms with Crippen LogP contribution >= 0.6 is 0 Å². The fourth-order valence-electron chi connectivity index (χ4n) is 1.43. The van der Waals surface area contributed by atoms with Gasteiger partial charge in [-0.2, -0.15) is 0 Å². The van der Waals surface area contributed by atoms with Crippen LogP contribution in [0.1, 0.15) is 46.5 Å². The molecule has 0 aromatic heterocycles. The van der Waals surface area contributed by atoms with E-state index in [9.17, 15) is 5.11 Å².